The first-order valence-electron chi connectivity index (χ1n) is 12.5. The second kappa shape index (κ2) is 12.6. The van der Waals surface area contributed by atoms with Gasteiger partial charge in [0.2, 0.25) is 0 Å². The van der Waals surface area contributed by atoms with Crippen LogP contribution in [0.15, 0.2) is 48.5 Å². The lowest BCUT2D eigenvalue weighted by Gasteiger charge is -2.23. The third-order valence-corrected chi connectivity index (χ3v) is 6.11. The van der Waals surface area contributed by atoms with Crippen molar-refractivity contribution in [3.63, 3.8) is 0 Å². The summed E-state index contributed by atoms with van der Waals surface area (Å²) in [6, 6.07) is 15.4. The predicted octanol–water partition coefficient (Wildman–Crippen LogP) is 4.61. The summed E-state index contributed by atoms with van der Waals surface area (Å²) in [4.78, 5) is 42.3. The molecule has 0 heterocycles. The molecule has 1 atom stereocenters. The summed E-state index contributed by atoms with van der Waals surface area (Å²) in [5, 5.41) is 6.46. The molecule has 0 fully saturated rings. The van der Waals surface area contributed by atoms with Crippen LogP contribution in [0.4, 0.5) is 9.59 Å². The van der Waals surface area contributed by atoms with Crippen LogP contribution in [0.25, 0.3) is 11.1 Å². The highest BCUT2D eigenvalue weighted by Gasteiger charge is 2.30. The Hall–Kier alpha value is -3.59. The van der Waals surface area contributed by atoms with E-state index in [4.69, 9.17) is 14.3 Å². The lowest BCUT2D eigenvalue weighted by atomic mass is 9.98. The number of ether oxygens (including phenoxy) is 2. The average molecular weight is 512 g/mol. The number of unbranched alkanes of at least 4 members (excludes halogenated alkanes) is 1. The number of hydrogen-bond acceptors (Lipinski definition) is 6. The van der Waals surface area contributed by atoms with Crippen molar-refractivity contribution < 1.29 is 28.7 Å². The van der Waals surface area contributed by atoms with Gasteiger partial charge in [0.05, 0.1) is 7.11 Å². The smallest absolute Gasteiger partial charge is 0.407 e. The largest absolute Gasteiger partial charge is 0.449 e. The highest BCUT2D eigenvalue weighted by atomic mass is 16.7. The zero-order valence-corrected chi connectivity index (χ0v) is 22.2. The minimum absolute atomic E-state index is 0.0760. The van der Waals surface area contributed by atoms with E-state index in [9.17, 15) is 14.4 Å². The van der Waals surface area contributed by atoms with Crippen molar-refractivity contribution in [2.24, 2.45) is 0 Å². The van der Waals surface area contributed by atoms with Crippen molar-refractivity contribution in [3.8, 4) is 11.1 Å². The van der Waals surface area contributed by atoms with Crippen LogP contribution in [0.5, 0.6) is 0 Å². The van der Waals surface area contributed by atoms with Crippen molar-refractivity contribution in [2.45, 2.75) is 57.6 Å². The van der Waals surface area contributed by atoms with Crippen molar-refractivity contribution in [1.29, 1.82) is 0 Å². The predicted molar refractivity (Wildman–Crippen MR) is 140 cm³/mol. The van der Waals surface area contributed by atoms with Gasteiger partial charge < -0.3 is 20.1 Å². The fourth-order valence-electron chi connectivity index (χ4n) is 4.33. The van der Waals surface area contributed by atoms with E-state index in [1.165, 1.54) is 14.2 Å². The van der Waals surface area contributed by atoms with Gasteiger partial charge in [-0.15, -0.1) is 0 Å². The minimum atomic E-state index is -0.831. The van der Waals surface area contributed by atoms with Gasteiger partial charge in [0, 0.05) is 19.5 Å². The number of rotatable bonds is 10. The molecular weight excluding hydrogens is 474 g/mol. The van der Waals surface area contributed by atoms with E-state index in [1.54, 1.807) is 20.8 Å². The summed E-state index contributed by atoms with van der Waals surface area (Å²) in [7, 11) is 2.87. The van der Waals surface area contributed by atoms with Gasteiger partial charge in [0.1, 0.15) is 18.2 Å². The van der Waals surface area contributed by atoms with Crippen LogP contribution >= 0.6 is 0 Å². The molecule has 2 N–H and O–H groups in total. The molecule has 200 valence electrons. The summed E-state index contributed by atoms with van der Waals surface area (Å²) in [5.41, 5.74) is 3.93. The monoisotopic (exact) mass is 511 g/mol. The topological polar surface area (TPSA) is 106 Å². The Balaban J connectivity index is 1.54. The molecule has 2 aromatic rings. The number of carbonyl (C=O) groups excluding carboxylic acids is 3. The molecule has 3 rings (SSSR count). The number of alkyl carbamates (subject to hydrolysis) is 2. The second-order valence-electron chi connectivity index (χ2n) is 9.97. The van der Waals surface area contributed by atoms with Crippen LogP contribution < -0.4 is 10.6 Å². The number of nitrogens with one attached hydrogen (secondary N) is 2. The first kappa shape index (κ1) is 28.0. The molecule has 0 bridgehead atoms. The van der Waals surface area contributed by atoms with Crippen LogP contribution in [0.3, 0.4) is 0 Å². The van der Waals surface area contributed by atoms with Gasteiger partial charge in [-0.3, -0.25) is 9.63 Å². The molecular formula is C28H37N3O6. The number of fused-ring (bicyclic) bond motifs is 3. The maximum absolute atomic E-state index is 12.8. The number of hydrogen-bond donors (Lipinski definition) is 2. The fourth-order valence-corrected chi connectivity index (χ4v) is 4.33. The first-order chi connectivity index (χ1) is 17.6. The third kappa shape index (κ3) is 7.69. The van der Waals surface area contributed by atoms with E-state index in [1.807, 2.05) is 36.4 Å². The number of amides is 3. The number of hydroxylamine groups is 2. The lowest BCUT2D eigenvalue weighted by molar-refractivity contribution is -0.171. The minimum Gasteiger partial charge on any atom is -0.449 e. The fraction of sp³-hybridized carbons (Fsp3) is 0.464. The number of nitrogens with zero attached hydrogens (tertiary/aromatic N) is 1. The van der Waals surface area contributed by atoms with E-state index in [2.05, 4.69) is 22.8 Å². The molecule has 3 amide bonds. The maximum Gasteiger partial charge on any atom is 0.407 e. The Morgan fingerprint density at radius 2 is 1.54 bits per heavy atom. The summed E-state index contributed by atoms with van der Waals surface area (Å²) in [6.07, 6.45) is 0.374. The molecule has 0 saturated carbocycles. The Kier molecular flexibility index (Phi) is 9.52. The summed E-state index contributed by atoms with van der Waals surface area (Å²) in [6.45, 7) is 5.93. The molecule has 0 saturated heterocycles. The zero-order chi connectivity index (χ0) is 27.0. The van der Waals surface area contributed by atoms with Crippen LogP contribution in [-0.2, 0) is 19.1 Å². The van der Waals surface area contributed by atoms with Gasteiger partial charge in [0.15, 0.2) is 0 Å². The molecule has 0 aliphatic heterocycles. The van der Waals surface area contributed by atoms with Gasteiger partial charge in [-0.2, -0.15) is 0 Å². The number of likely N-dealkylation sites (N-methyl/N-ethyl adjacent to an activating group) is 1. The Bertz CT molecular complexity index is 1050. The number of benzene rings is 2. The molecule has 0 aromatic heterocycles. The van der Waals surface area contributed by atoms with Crippen molar-refractivity contribution in [2.75, 3.05) is 27.3 Å². The molecule has 2 aromatic carbocycles. The highest BCUT2D eigenvalue weighted by Crippen LogP contribution is 2.44. The molecule has 1 aliphatic rings. The standard InChI is InChI=1S/C28H37N3O6/c1-28(2,3)37-26(33)29-17-11-10-16-24(25(32)31(4)35-5)30-27(34)36-18-23-21-14-8-6-12-19(21)20-13-7-9-15-22(20)23/h6-9,12-15,23-24H,10-11,16-18H2,1-5H3,(H,29,33)(H,30,34)/t24-/m0/s1. The SMILES string of the molecule is CON(C)C(=O)[C@H](CCCCNC(=O)OC(C)(C)C)NC(=O)OCC1c2ccccc2-c2ccccc21. The van der Waals surface area contributed by atoms with Gasteiger partial charge in [-0.05, 0) is 62.3 Å². The molecule has 0 spiro atoms. The van der Waals surface area contributed by atoms with E-state index in [0.717, 1.165) is 27.3 Å². The Morgan fingerprint density at radius 3 is 2.11 bits per heavy atom. The molecule has 1 aliphatic carbocycles. The van der Waals surface area contributed by atoms with Crippen molar-refractivity contribution in [1.82, 2.24) is 15.7 Å². The van der Waals surface area contributed by atoms with Crippen LogP contribution in [-0.4, -0.2) is 62.1 Å². The van der Waals surface area contributed by atoms with E-state index < -0.39 is 29.7 Å². The molecule has 9 nitrogen and oxygen atoms in total. The summed E-state index contributed by atoms with van der Waals surface area (Å²) in [5.74, 6) is -0.469. The summed E-state index contributed by atoms with van der Waals surface area (Å²) >= 11 is 0. The van der Waals surface area contributed by atoms with Crippen molar-refractivity contribution in [3.05, 3.63) is 59.7 Å². The lowest BCUT2D eigenvalue weighted by Crippen LogP contribution is -2.47. The summed E-state index contributed by atoms with van der Waals surface area (Å²) < 4.78 is 10.8. The second-order valence-corrected chi connectivity index (χ2v) is 9.97. The van der Waals surface area contributed by atoms with Gasteiger partial charge in [-0.25, -0.2) is 14.7 Å². The Morgan fingerprint density at radius 1 is 0.946 bits per heavy atom. The van der Waals surface area contributed by atoms with E-state index >= 15 is 0 Å². The molecule has 9 heteroatoms. The number of carbonyl (C=O) groups is 3. The first-order valence-corrected chi connectivity index (χ1v) is 12.5. The Labute approximate surface area is 218 Å². The molecule has 37 heavy (non-hydrogen) atoms. The van der Waals surface area contributed by atoms with Crippen LogP contribution in [0, 0.1) is 0 Å². The zero-order valence-electron chi connectivity index (χ0n) is 22.2. The quantitative estimate of drug-likeness (QED) is 0.357. The van der Waals surface area contributed by atoms with Crippen LogP contribution in [0.1, 0.15) is 57.1 Å². The normalized spacial score (nSPS) is 13.2. The molecule has 0 unspecified atom stereocenters. The van der Waals surface area contributed by atoms with Crippen molar-refractivity contribution >= 4 is 18.1 Å². The van der Waals surface area contributed by atoms with Gasteiger partial charge in [-0.1, -0.05) is 48.5 Å². The van der Waals surface area contributed by atoms with Crippen LogP contribution in [0.2, 0.25) is 0 Å². The average Bonchev–Trinajstić information content (AvgIpc) is 3.18. The highest BCUT2D eigenvalue weighted by molar-refractivity contribution is 5.85. The van der Waals surface area contributed by atoms with E-state index in [0.29, 0.717) is 25.8 Å². The van der Waals surface area contributed by atoms with Gasteiger partial charge >= 0.3 is 12.2 Å². The third-order valence-electron chi connectivity index (χ3n) is 6.11. The van der Waals surface area contributed by atoms with Gasteiger partial charge in [0.25, 0.3) is 5.91 Å². The maximum atomic E-state index is 12.8. The van der Waals surface area contributed by atoms with E-state index in [-0.39, 0.29) is 12.5 Å². The molecule has 0 radical (unpaired) electrons.